The van der Waals surface area contributed by atoms with Crippen LogP contribution >= 0.6 is 0 Å². The maximum atomic E-state index is 12.0. The fraction of sp³-hybridized carbons (Fsp3) is 0.846. The molecule has 0 aromatic heterocycles. The molecule has 2 fully saturated rings. The molecular formula is C39H71N3O18S2. The molecule has 23 heteroatoms. The highest BCUT2D eigenvalue weighted by Gasteiger charge is 2.46. The summed E-state index contributed by atoms with van der Waals surface area (Å²) in [5, 5.41) is 11.6. The monoisotopic (exact) mass is 933 g/mol. The van der Waals surface area contributed by atoms with Crippen molar-refractivity contribution in [3.8, 4) is 0 Å². The molecule has 362 valence electrons. The molecular weight excluding hydrogens is 863 g/mol. The van der Waals surface area contributed by atoms with Crippen molar-refractivity contribution in [2.45, 2.75) is 196 Å². The fourth-order valence-electron chi connectivity index (χ4n) is 4.57. The molecule has 3 amide bonds. The van der Waals surface area contributed by atoms with E-state index in [2.05, 4.69) is 9.50 Å². The van der Waals surface area contributed by atoms with E-state index < -0.39 is 109 Å². The van der Waals surface area contributed by atoms with Gasteiger partial charge in [-0.15, -0.1) is 0 Å². The molecule has 2 unspecified atom stereocenters. The molecule has 0 saturated carbocycles. The van der Waals surface area contributed by atoms with Gasteiger partial charge in [0.25, 0.3) is 11.3 Å². The lowest BCUT2D eigenvalue weighted by Gasteiger charge is -2.26. The normalized spacial score (nSPS) is 19.6. The van der Waals surface area contributed by atoms with Crippen LogP contribution in [-0.2, 0) is 72.7 Å². The molecule has 2 rings (SSSR count). The number of aliphatic hydroxyl groups is 1. The highest BCUT2D eigenvalue weighted by atomic mass is 32.2. The van der Waals surface area contributed by atoms with Crippen LogP contribution in [0.2, 0.25) is 0 Å². The Morgan fingerprint density at radius 1 is 0.613 bits per heavy atom. The molecule has 21 nitrogen and oxygen atoms in total. The van der Waals surface area contributed by atoms with Crippen molar-refractivity contribution >= 4 is 57.8 Å². The summed E-state index contributed by atoms with van der Waals surface area (Å²) < 4.78 is 77.0. The van der Waals surface area contributed by atoms with E-state index in [1.165, 1.54) is 0 Å². The van der Waals surface area contributed by atoms with Gasteiger partial charge in [0.05, 0.1) is 57.2 Å². The number of rotatable bonds is 8. The lowest BCUT2D eigenvalue weighted by Crippen LogP contribution is -2.44. The van der Waals surface area contributed by atoms with Gasteiger partial charge >= 0.3 is 46.5 Å². The van der Waals surface area contributed by atoms with Crippen molar-refractivity contribution < 1.29 is 83.3 Å². The average molecular weight is 934 g/mol. The summed E-state index contributed by atoms with van der Waals surface area (Å²) in [6.45, 7) is 30.0. The van der Waals surface area contributed by atoms with Crippen LogP contribution in [0.1, 0.15) is 144 Å². The maximum absolute atomic E-state index is 12.0. The van der Waals surface area contributed by atoms with Crippen molar-refractivity contribution in [2.75, 3.05) is 19.8 Å². The summed E-state index contributed by atoms with van der Waals surface area (Å²) >= 11 is -1.94. The zero-order valence-corrected chi connectivity index (χ0v) is 41.2. The Morgan fingerprint density at radius 3 is 1.40 bits per heavy atom. The minimum Gasteiger partial charge on any atom is -0.460 e. The first-order valence-corrected chi connectivity index (χ1v) is 22.2. The number of nitrogens with zero attached hydrogens (tertiary/aromatic N) is 2. The first-order valence-electron chi connectivity index (χ1n) is 19.8. The molecule has 0 aromatic carbocycles. The Hall–Kier alpha value is -3.80. The Kier molecular flexibility index (Phi) is 21.3. The number of nitrogens with one attached hydrogen (secondary N) is 1. The Morgan fingerprint density at radius 2 is 1.00 bits per heavy atom. The number of esters is 3. The molecule has 62 heavy (non-hydrogen) atoms. The van der Waals surface area contributed by atoms with E-state index in [1.54, 1.807) is 125 Å². The van der Waals surface area contributed by atoms with E-state index in [1.807, 2.05) is 0 Å². The molecule has 2 heterocycles. The Balaban J connectivity index is 0.000000903. The molecule has 2 saturated heterocycles. The third-order valence-electron chi connectivity index (χ3n) is 6.40. The van der Waals surface area contributed by atoms with Gasteiger partial charge in [-0.1, -0.05) is 0 Å². The maximum Gasteiger partial charge on any atom is 0.426 e. The molecule has 0 spiro atoms. The largest absolute Gasteiger partial charge is 0.460 e. The van der Waals surface area contributed by atoms with E-state index in [0.29, 0.717) is 4.31 Å². The number of ether oxygens (including phenoxy) is 6. The topological polar surface area (TPSA) is 266 Å². The van der Waals surface area contributed by atoms with Gasteiger partial charge < -0.3 is 38.8 Å². The quantitative estimate of drug-likeness (QED) is 0.236. The molecule has 0 radical (unpaired) electrons. The van der Waals surface area contributed by atoms with Crippen LogP contribution in [0.3, 0.4) is 0 Å². The minimum atomic E-state index is -4.25. The second-order valence-corrected chi connectivity index (χ2v) is 22.6. The predicted molar refractivity (Wildman–Crippen MR) is 224 cm³/mol. The van der Waals surface area contributed by atoms with Gasteiger partial charge in [0.15, 0.2) is 0 Å². The highest BCUT2D eigenvalue weighted by Crippen LogP contribution is 2.26. The van der Waals surface area contributed by atoms with Crippen LogP contribution in [0.5, 0.6) is 0 Å². The zero-order chi connectivity index (χ0) is 49.0. The second kappa shape index (κ2) is 22.7. The minimum absolute atomic E-state index is 0.00506. The molecule has 2 aliphatic heterocycles. The summed E-state index contributed by atoms with van der Waals surface area (Å²) in [5.74, 6) is -1.59. The van der Waals surface area contributed by atoms with Crippen LogP contribution in [0.15, 0.2) is 0 Å². The van der Waals surface area contributed by atoms with Crippen molar-refractivity contribution in [3.63, 3.8) is 0 Å². The van der Waals surface area contributed by atoms with Gasteiger partial charge in [0.1, 0.15) is 33.6 Å². The Labute approximate surface area is 369 Å². The number of amides is 3. The summed E-state index contributed by atoms with van der Waals surface area (Å²) in [6, 6.07) is -2.35. The third kappa shape index (κ3) is 26.0. The highest BCUT2D eigenvalue weighted by molar-refractivity contribution is 7.85. The zero-order valence-electron chi connectivity index (χ0n) is 39.6. The SMILES string of the molecule is CC(C)(C)OC(=O)CC(CO)NC(=O)OC(C)(C)C.CC(C)(C)OC(=O)C[C@H]1COS(=O)(=O)N1C(=O)OC(C)(C)C.CC(C)(C)OC(=O)C[C@H]1COS(=O)N1C(=O)OC(C)(C)C. The molecule has 2 aliphatic rings. The van der Waals surface area contributed by atoms with Crippen molar-refractivity contribution in [2.24, 2.45) is 0 Å². The van der Waals surface area contributed by atoms with Gasteiger partial charge in [0, 0.05) is 0 Å². The summed E-state index contributed by atoms with van der Waals surface area (Å²) in [7, 11) is -4.25. The first-order chi connectivity index (χ1) is 27.5. The number of aliphatic hydroxyl groups excluding tert-OH is 1. The van der Waals surface area contributed by atoms with E-state index in [0.717, 1.165) is 4.31 Å². The standard InChI is InChI=1S/C13H23NO7S.C13H23NO6S.C13H25NO5/c1-12(2,3)20-10(15)7-9-8-19-22(17,18)14(9)11(16)21-13(4,5)6;1-12(2,3)19-10(15)7-9-8-18-21(17)14(9)11(16)20-13(4,5)6;1-12(2,3)18-10(16)7-9(8-15)14-11(17)19-13(4,5)6/h9H,7-8H2,1-6H3;9H,7-8H2,1-6H3;9,15H,7-8H2,1-6H3,(H,14,17)/t9-;9-,21?;/m00./s1. The number of hydrogen-bond acceptors (Lipinski definition) is 18. The van der Waals surface area contributed by atoms with Gasteiger partial charge in [0.2, 0.25) is 0 Å². The van der Waals surface area contributed by atoms with Gasteiger partial charge in [-0.3, -0.25) is 22.7 Å². The van der Waals surface area contributed by atoms with Gasteiger partial charge in [-0.25, -0.2) is 18.6 Å². The van der Waals surface area contributed by atoms with Crippen molar-refractivity contribution in [3.05, 3.63) is 0 Å². The number of carbonyl (C=O) groups excluding carboxylic acids is 6. The third-order valence-corrected chi connectivity index (χ3v) is 8.87. The van der Waals surface area contributed by atoms with Crippen LogP contribution < -0.4 is 5.32 Å². The fourth-order valence-corrected chi connectivity index (χ4v) is 6.66. The van der Waals surface area contributed by atoms with E-state index in [-0.39, 0.29) is 39.1 Å². The Bertz CT molecular complexity index is 1650. The summed E-state index contributed by atoms with van der Waals surface area (Å²) in [5.41, 5.74) is -4.14. The summed E-state index contributed by atoms with van der Waals surface area (Å²) in [4.78, 5) is 70.8. The van der Waals surface area contributed by atoms with E-state index in [4.69, 9.17) is 37.7 Å². The average Bonchev–Trinajstić information content (AvgIpc) is 3.48. The van der Waals surface area contributed by atoms with E-state index >= 15 is 0 Å². The van der Waals surface area contributed by atoms with Gasteiger partial charge in [-0.05, 0) is 125 Å². The van der Waals surface area contributed by atoms with Gasteiger partial charge in [-0.2, -0.15) is 17.0 Å². The summed E-state index contributed by atoms with van der Waals surface area (Å²) in [6.07, 6.45) is -3.01. The van der Waals surface area contributed by atoms with E-state index in [9.17, 15) is 41.4 Å². The van der Waals surface area contributed by atoms with Crippen molar-refractivity contribution in [1.82, 2.24) is 13.9 Å². The molecule has 0 aliphatic carbocycles. The number of hydrogen-bond donors (Lipinski definition) is 2. The second-order valence-electron chi connectivity index (χ2n) is 20.0. The number of carbonyl (C=O) groups is 6. The smallest absolute Gasteiger partial charge is 0.426 e. The number of alkyl carbamates (subject to hydrolysis) is 1. The predicted octanol–water partition coefficient (Wildman–Crippen LogP) is 5.14. The lowest BCUT2D eigenvalue weighted by atomic mass is 10.1. The molecule has 0 aromatic rings. The molecule has 0 bridgehead atoms. The molecule has 2 N–H and O–H groups in total. The van der Waals surface area contributed by atoms with Crippen LogP contribution in [0, 0.1) is 0 Å². The molecule has 4 atom stereocenters. The van der Waals surface area contributed by atoms with Crippen LogP contribution in [-0.4, -0.2) is 134 Å². The lowest BCUT2D eigenvalue weighted by molar-refractivity contribution is -0.157. The van der Waals surface area contributed by atoms with Crippen LogP contribution in [0.25, 0.3) is 0 Å². The van der Waals surface area contributed by atoms with Crippen LogP contribution in [0.4, 0.5) is 14.4 Å². The first kappa shape index (κ1) is 58.2. The van der Waals surface area contributed by atoms with Crippen molar-refractivity contribution in [1.29, 1.82) is 0 Å².